The second kappa shape index (κ2) is 31.7. The van der Waals surface area contributed by atoms with Gasteiger partial charge in [0.1, 0.15) is 85.4 Å². The second-order valence-electron chi connectivity index (χ2n) is 17.7. The maximum absolute atomic E-state index is 13.1. The molecule has 0 saturated carbocycles. The number of carbonyl (C=O) groups excluding carboxylic acids is 2. The highest BCUT2D eigenvalue weighted by molar-refractivity contribution is 5.76. The summed E-state index contributed by atoms with van der Waals surface area (Å²) in [7, 11) is 0. The molecule has 4 heterocycles. The first kappa shape index (κ1) is 63.9. The van der Waals surface area contributed by atoms with Crippen LogP contribution >= 0.6 is 0 Å². The number of hydrogen-bond acceptors (Lipinski definition) is 28. The highest BCUT2D eigenvalue weighted by atomic mass is 16.8. The molecule has 0 aromatic heterocycles. The van der Waals surface area contributed by atoms with E-state index in [0.717, 1.165) is 13.8 Å². The molecule has 0 spiro atoms. The number of amides is 2. The largest absolute Gasteiger partial charge is 0.477 e. The third kappa shape index (κ3) is 17.7. The normalized spacial score (nSPS) is 37.5. The smallest absolute Gasteiger partial charge is 0.364 e. The molecule has 4 aliphatic heterocycles. The minimum Gasteiger partial charge on any atom is -0.477 e. The maximum atomic E-state index is 13.1. The molecule has 16 N–H and O–H groups in total. The molecular formula is C43H77N3O28. The average Bonchev–Trinajstić information content (AvgIpc) is 3.36. The topological polar surface area (TPSA) is 464 Å². The van der Waals surface area contributed by atoms with Crippen LogP contribution in [-0.4, -0.2) is 306 Å². The molecule has 0 aliphatic carbocycles. The molecule has 31 nitrogen and oxygen atoms in total. The van der Waals surface area contributed by atoms with Crippen molar-refractivity contribution in [3.63, 3.8) is 0 Å². The minimum absolute atomic E-state index is 0.0668. The third-order valence-corrected chi connectivity index (χ3v) is 12.2. The molecule has 0 bridgehead atoms. The van der Waals surface area contributed by atoms with E-state index in [2.05, 4.69) is 10.6 Å². The molecule has 0 unspecified atom stereocenters. The van der Waals surface area contributed by atoms with E-state index in [1.54, 1.807) is 0 Å². The fourth-order valence-electron chi connectivity index (χ4n) is 8.40. The van der Waals surface area contributed by atoms with E-state index in [9.17, 15) is 75.7 Å². The van der Waals surface area contributed by atoms with E-state index in [-0.39, 0.29) is 33.0 Å². The van der Waals surface area contributed by atoms with Crippen molar-refractivity contribution < 1.29 is 137 Å². The minimum atomic E-state index is -3.14. The summed E-state index contributed by atoms with van der Waals surface area (Å²) in [5.41, 5.74) is 5.36. The zero-order valence-corrected chi connectivity index (χ0v) is 41.3. The molecule has 432 valence electrons. The number of nitrogens with one attached hydrogen (secondary N) is 2. The Morgan fingerprint density at radius 2 is 1.12 bits per heavy atom. The summed E-state index contributed by atoms with van der Waals surface area (Å²) in [5, 5.41) is 134. The van der Waals surface area contributed by atoms with Crippen LogP contribution in [0.4, 0.5) is 0 Å². The van der Waals surface area contributed by atoms with E-state index in [4.69, 9.17) is 67.3 Å². The summed E-state index contributed by atoms with van der Waals surface area (Å²) in [6.45, 7) is 3.39. The van der Waals surface area contributed by atoms with Gasteiger partial charge in [0, 0.05) is 26.8 Å². The van der Waals surface area contributed by atoms with Gasteiger partial charge in [-0.25, -0.2) is 4.79 Å². The Morgan fingerprint density at radius 3 is 1.64 bits per heavy atom. The third-order valence-electron chi connectivity index (χ3n) is 12.2. The second-order valence-corrected chi connectivity index (χ2v) is 17.7. The monoisotopic (exact) mass is 1080 g/mol. The first-order valence-corrected chi connectivity index (χ1v) is 24.1. The van der Waals surface area contributed by atoms with Crippen LogP contribution < -0.4 is 16.4 Å². The molecule has 0 aromatic rings. The highest BCUT2D eigenvalue weighted by Gasteiger charge is 2.61. The Kier molecular flexibility index (Phi) is 27.4. The van der Waals surface area contributed by atoms with Crippen LogP contribution in [0.25, 0.3) is 0 Å². The van der Waals surface area contributed by atoms with Gasteiger partial charge in [-0.05, 0) is 6.92 Å². The Bertz CT molecular complexity index is 1650. The van der Waals surface area contributed by atoms with Gasteiger partial charge in [0.15, 0.2) is 18.9 Å². The Morgan fingerprint density at radius 1 is 0.622 bits per heavy atom. The van der Waals surface area contributed by atoms with Crippen LogP contribution in [-0.2, 0) is 76.0 Å². The number of ether oxygens (including phenoxy) is 13. The lowest BCUT2D eigenvalue weighted by Gasteiger charge is -2.51. The van der Waals surface area contributed by atoms with E-state index in [0.29, 0.717) is 46.2 Å². The van der Waals surface area contributed by atoms with Gasteiger partial charge in [0.05, 0.1) is 111 Å². The molecule has 0 radical (unpaired) electrons. The summed E-state index contributed by atoms with van der Waals surface area (Å²) in [6, 6.07) is -3.12. The lowest BCUT2D eigenvalue weighted by atomic mass is 9.88. The summed E-state index contributed by atoms with van der Waals surface area (Å²) < 4.78 is 74.5. The fraction of sp³-hybridized carbons (Fsp3) is 0.930. The number of aliphatic hydroxyl groups excluding tert-OH is 11. The Labute approximate surface area is 425 Å². The average molecular weight is 1080 g/mol. The number of carboxylic acid groups (broad SMARTS) is 1. The summed E-state index contributed by atoms with van der Waals surface area (Å²) >= 11 is 0. The Balaban J connectivity index is 1.54. The number of rotatable bonds is 32. The van der Waals surface area contributed by atoms with Crippen molar-refractivity contribution in [1.82, 2.24) is 10.6 Å². The van der Waals surface area contributed by atoms with Crippen LogP contribution in [0.2, 0.25) is 0 Å². The van der Waals surface area contributed by atoms with Crippen LogP contribution in [0, 0.1) is 0 Å². The summed E-state index contributed by atoms with van der Waals surface area (Å²) in [5.74, 6) is -6.67. The van der Waals surface area contributed by atoms with Crippen LogP contribution in [0.5, 0.6) is 0 Å². The first-order valence-electron chi connectivity index (χ1n) is 24.1. The van der Waals surface area contributed by atoms with Gasteiger partial charge in [-0.2, -0.15) is 0 Å². The molecule has 4 aliphatic rings. The zero-order valence-electron chi connectivity index (χ0n) is 41.3. The number of aliphatic hydroxyl groups is 11. The van der Waals surface area contributed by atoms with Crippen molar-refractivity contribution in [2.75, 3.05) is 99.0 Å². The Hall–Kier alpha value is -2.59. The first-order chi connectivity index (χ1) is 35.2. The van der Waals surface area contributed by atoms with E-state index < -0.39 is 172 Å². The number of nitrogens with two attached hydrogens (primary N) is 1. The summed E-state index contributed by atoms with van der Waals surface area (Å²) in [4.78, 5) is 38.0. The molecule has 21 atom stereocenters. The van der Waals surface area contributed by atoms with Gasteiger partial charge in [-0.3, -0.25) is 9.59 Å². The van der Waals surface area contributed by atoms with Gasteiger partial charge in [0.25, 0.3) is 5.79 Å². The van der Waals surface area contributed by atoms with Gasteiger partial charge in [0.2, 0.25) is 11.8 Å². The quantitative estimate of drug-likeness (QED) is 0.0278. The predicted octanol–water partition coefficient (Wildman–Crippen LogP) is -9.16. The van der Waals surface area contributed by atoms with E-state index in [1.807, 2.05) is 0 Å². The van der Waals surface area contributed by atoms with Crippen molar-refractivity contribution in [3.05, 3.63) is 0 Å². The standard InChI is InChI=1S/C43H77N3O28/c1-20-29(54)32(57)33(58)40(68-20)72-37-28(46-22(3)51)39(67-15-14-66-13-12-65-11-10-64-9-8-63-7-6-62-5-4-44)70-26(19-49)35(37)71-41-34(59)38(31(56)25(18-48)69-41)74-43(42(60)61)16-23(52)27(45-21(2)50)36(73-43)30(55)24(53)17-47/h20,23-41,47-49,52-59H,4-19,44H2,1-3H3,(H,45,50)(H,46,51)(H,60,61)/t20-,23-,24+,25+,26+,27+,28+,29+,30+,31-,32+,33-,34+,35+,36+,37+,38-,39+,40-,41-,43-/m0/s1. The van der Waals surface area contributed by atoms with Crippen molar-refractivity contribution in [1.29, 1.82) is 0 Å². The molecule has 0 aromatic carbocycles. The van der Waals surface area contributed by atoms with Gasteiger partial charge in [-0.1, -0.05) is 0 Å². The maximum Gasteiger partial charge on any atom is 0.364 e. The lowest BCUT2D eigenvalue weighted by Crippen LogP contribution is -2.71. The molecule has 2 amide bonds. The zero-order chi connectivity index (χ0) is 54.7. The van der Waals surface area contributed by atoms with Crippen molar-refractivity contribution >= 4 is 17.8 Å². The molecule has 4 fully saturated rings. The summed E-state index contributed by atoms with van der Waals surface area (Å²) in [6.07, 6.45) is -34.9. The van der Waals surface area contributed by atoms with Gasteiger partial charge >= 0.3 is 5.97 Å². The van der Waals surface area contributed by atoms with Gasteiger partial charge < -0.3 is 139 Å². The van der Waals surface area contributed by atoms with Crippen LogP contribution in [0.15, 0.2) is 0 Å². The molecule has 4 rings (SSSR count). The highest BCUT2D eigenvalue weighted by Crippen LogP contribution is 2.39. The molecular weight excluding hydrogens is 1010 g/mol. The van der Waals surface area contributed by atoms with Crippen molar-refractivity contribution in [2.24, 2.45) is 5.73 Å². The molecule has 4 saturated heterocycles. The lowest BCUT2D eigenvalue weighted by molar-refractivity contribution is -0.391. The van der Waals surface area contributed by atoms with Crippen molar-refractivity contribution in [2.45, 2.75) is 155 Å². The van der Waals surface area contributed by atoms with E-state index >= 15 is 0 Å². The predicted molar refractivity (Wildman–Crippen MR) is 240 cm³/mol. The molecule has 31 heteroatoms. The number of carboxylic acids is 1. The number of hydrogen-bond donors (Lipinski definition) is 15. The fourth-order valence-corrected chi connectivity index (χ4v) is 8.40. The number of aliphatic carboxylic acids is 1. The molecule has 74 heavy (non-hydrogen) atoms. The van der Waals surface area contributed by atoms with Crippen LogP contribution in [0.1, 0.15) is 27.2 Å². The van der Waals surface area contributed by atoms with Crippen molar-refractivity contribution in [3.8, 4) is 0 Å². The SMILES string of the molecule is CC(=O)N[C@H]1[C@H](OCCOCCOCCOCCOCCOCCN)O[C@H](CO)[C@@H](O[C@@H]2O[C@H](CO)[C@H](O)[C@H](O[C@]3(C(=O)O)C[C@H](O)[C@@H](NC(C)=O)[C@H]([C@H](O)[C@H](O)CO)O3)[C@H]2O)[C@@H]1O[C@@H]1O[C@@H](C)[C@@H](O)[C@@H](O)[C@@H]1O. The van der Waals surface area contributed by atoms with Crippen LogP contribution in [0.3, 0.4) is 0 Å². The van der Waals surface area contributed by atoms with Gasteiger partial charge in [-0.15, -0.1) is 0 Å². The number of carbonyl (C=O) groups is 3. The van der Waals surface area contributed by atoms with E-state index in [1.165, 1.54) is 6.92 Å².